The molecule has 0 aromatic heterocycles. The van der Waals surface area contributed by atoms with Crippen molar-refractivity contribution in [1.82, 2.24) is 9.80 Å². The number of hydrogen-bond donors (Lipinski definition) is 1. The summed E-state index contributed by atoms with van der Waals surface area (Å²) in [6.07, 6.45) is 3.51. The van der Waals surface area contributed by atoms with Crippen molar-refractivity contribution in [3.05, 3.63) is 35.6 Å². The van der Waals surface area contributed by atoms with Gasteiger partial charge in [0.2, 0.25) is 0 Å². The molecule has 1 aromatic carbocycles. The largest absolute Gasteiger partial charge is 0.326 e. The van der Waals surface area contributed by atoms with Gasteiger partial charge in [-0.3, -0.25) is 4.90 Å². The Balaban J connectivity index is 2.04. The SMILES string of the molecule is CCC(N)C(c1cccc(F)c1)N(C)CCN1CCCC1. The Bertz CT molecular complexity index is 432. The van der Waals surface area contributed by atoms with Crippen molar-refractivity contribution in [3.8, 4) is 0 Å². The minimum atomic E-state index is -0.186. The van der Waals surface area contributed by atoms with Gasteiger partial charge in [-0.25, -0.2) is 4.39 Å². The maximum atomic E-state index is 13.5. The van der Waals surface area contributed by atoms with Crippen molar-refractivity contribution in [1.29, 1.82) is 0 Å². The van der Waals surface area contributed by atoms with E-state index in [-0.39, 0.29) is 17.9 Å². The Labute approximate surface area is 127 Å². The van der Waals surface area contributed by atoms with Crippen molar-refractivity contribution in [3.63, 3.8) is 0 Å². The predicted molar refractivity (Wildman–Crippen MR) is 85.7 cm³/mol. The summed E-state index contributed by atoms with van der Waals surface area (Å²) in [5.74, 6) is -0.186. The van der Waals surface area contributed by atoms with Crippen molar-refractivity contribution >= 4 is 0 Å². The topological polar surface area (TPSA) is 32.5 Å². The van der Waals surface area contributed by atoms with Gasteiger partial charge in [0.15, 0.2) is 0 Å². The number of hydrogen-bond acceptors (Lipinski definition) is 3. The van der Waals surface area contributed by atoms with Crippen LogP contribution in [0.2, 0.25) is 0 Å². The average molecular weight is 293 g/mol. The molecule has 21 heavy (non-hydrogen) atoms. The number of nitrogens with two attached hydrogens (primary N) is 1. The molecule has 2 N–H and O–H groups in total. The summed E-state index contributed by atoms with van der Waals surface area (Å²) in [6.45, 7) is 6.54. The monoisotopic (exact) mass is 293 g/mol. The molecule has 4 heteroatoms. The molecule has 0 radical (unpaired) electrons. The number of likely N-dealkylation sites (tertiary alicyclic amines) is 1. The normalized spacial score (nSPS) is 19.1. The second-order valence-corrected chi connectivity index (χ2v) is 6.10. The Morgan fingerprint density at radius 3 is 2.67 bits per heavy atom. The van der Waals surface area contributed by atoms with Crippen LogP contribution in [0, 0.1) is 5.82 Å². The smallest absolute Gasteiger partial charge is 0.123 e. The van der Waals surface area contributed by atoms with Crippen LogP contribution in [0.1, 0.15) is 37.8 Å². The maximum absolute atomic E-state index is 13.5. The lowest BCUT2D eigenvalue weighted by Crippen LogP contribution is -2.42. The van der Waals surface area contributed by atoms with E-state index < -0.39 is 0 Å². The number of rotatable bonds is 7. The summed E-state index contributed by atoms with van der Waals surface area (Å²) in [5, 5.41) is 0. The third-order valence-corrected chi connectivity index (χ3v) is 4.51. The van der Waals surface area contributed by atoms with Crippen LogP contribution < -0.4 is 5.73 Å². The molecule has 2 rings (SSSR count). The molecule has 1 fully saturated rings. The fourth-order valence-electron chi connectivity index (χ4n) is 3.19. The van der Waals surface area contributed by atoms with Crippen LogP contribution in [-0.2, 0) is 0 Å². The number of halogens is 1. The minimum absolute atomic E-state index is 0.0235. The van der Waals surface area contributed by atoms with E-state index in [1.54, 1.807) is 12.1 Å². The predicted octanol–water partition coefficient (Wildman–Crippen LogP) is 2.63. The molecule has 1 aliphatic rings. The number of likely N-dealkylation sites (N-methyl/N-ethyl adjacent to an activating group) is 1. The zero-order valence-corrected chi connectivity index (χ0v) is 13.3. The molecular weight excluding hydrogens is 265 g/mol. The number of benzene rings is 1. The van der Waals surface area contributed by atoms with Gasteiger partial charge in [-0.2, -0.15) is 0 Å². The molecule has 1 saturated heterocycles. The third-order valence-electron chi connectivity index (χ3n) is 4.51. The molecule has 118 valence electrons. The van der Waals surface area contributed by atoms with Crippen LogP contribution in [0.25, 0.3) is 0 Å². The first-order valence-corrected chi connectivity index (χ1v) is 8.05. The van der Waals surface area contributed by atoms with Crippen molar-refractivity contribution in [2.24, 2.45) is 5.73 Å². The van der Waals surface area contributed by atoms with E-state index in [2.05, 4.69) is 23.8 Å². The van der Waals surface area contributed by atoms with Crippen molar-refractivity contribution < 1.29 is 4.39 Å². The van der Waals surface area contributed by atoms with E-state index in [1.165, 1.54) is 32.0 Å². The second-order valence-electron chi connectivity index (χ2n) is 6.10. The van der Waals surface area contributed by atoms with E-state index in [4.69, 9.17) is 5.73 Å². The molecule has 1 heterocycles. The van der Waals surface area contributed by atoms with Gasteiger partial charge in [0, 0.05) is 25.2 Å². The highest BCUT2D eigenvalue weighted by atomic mass is 19.1. The fraction of sp³-hybridized carbons (Fsp3) is 0.647. The Hall–Kier alpha value is -0.970. The van der Waals surface area contributed by atoms with Gasteiger partial charge < -0.3 is 10.6 Å². The fourth-order valence-corrected chi connectivity index (χ4v) is 3.19. The second kappa shape index (κ2) is 7.87. The molecule has 2 atom stereocenters. The van der Waals surface area contributed by atoms with E-state index in [1.807, 2.05) is 6.07 Å². The molecule has 0 bridgehead atoms. The van der Waals surface area contributed by atoms with Crippen molar-refractivity contribution in [2.45, 2.75) is 38.3 Å². The van der Waals surface area contributed by atoms with Gasteiger partial charge in [-0.1, -0.05) is 19.1 Å². The van der Waals surface area contributed by atoms with Gasteiger partial charge in [-0.05, 0) is 57.1 Å². The summed E-state index contributed by atoms with van der Waals surface area (Å²) in [5.41, 5.74) is 7.29. The van der Waals surface area contributed by atoms with E-state index in [9.17, 15) is 4.39 Å². The first-order chi connectivity index (χ1) is 10.1. The lowest BCUT2D eigenvalue weighted by atomic mass is 9.96. The molecular formula is C17H28FN3. The Kier molecular flexibility index (Phi) is 6.15. The minimum Gasteiger partial charge on any atom is -0.326 e. The lowest BCUT2D eigenvalue weighted by Gasteiger charge is -2.33. The van der Waals surface area contributed by atoms with E-state index in [0.717, 1.165) is 25.1 Å². The molecule has 1 aliphatic heterocycles. The third kappa shape index (κ3) is 4.50. The van der Waals surface area contributed by atoms with Crippen LogP contribution in [-0.4, -0.2) is 49.1 Å². The highest BCUT2D eigenvalue weighted by Crippen LogP contribution is 2.24. The van der Waals surface area contributed by atoms with Gasteiger partial charge in [0.05, 0.1) is 0 Å². The number of nitrogens with zero attached hydrogens (tertiary/aromatic N) is 2. The molecule has 2 unspecified atom stereocenters. The molecule has 0 saturated carbocycles. The van der Waals surface area contributed by atoms with Crippen LogP contribution in [0.5, 0.6) is 0 Å². The highest BCUT2D eigenvalue weighted by molar-refractivity contribution is 5.21. The van der Waals surface area contributed by atoms with Crippen LogP contribution in [0.3, 0.4) is 0 Å². The first-order valence-electron chi connectivity index (χ1n) is 8.05. The summed E-state index contributed by atoms with van der Waals surface area (Å²) in [4.78, 5) is 4.78. The van der Waals surface area contributed by atoms with Crippen LogP contribution in [0.4, 0.5) is 4.39 Å². The first kappa shape index (κ1) is 16.4. The Morgan fingerprint density at radius 1 is 1.33 bits per heavy atom. The summed E-state index contributed by atoms with van der Waals surface area (Å²) >= 11 is 0. The summed E-state index contributed by atoms with van der Waals surface area (Å²) in [7, 11) is 2.10. The molecule has 0 amide bonds. The standard InChI is InChI=1S/C17H28FN3/c1-3-16(19)17(14-7-6-8-15(18)13-14)20(2)11-12-21-9-4-5-10-21/h6-8,13,16-17H,3-5,9-12,19H2,1-2H3. The van der Waals surface area contributed by atoms with Crippen LogP contribution >= 0.6 is 0 Å². The summed E-state index contributed by atoms with van der Waals surface area (Å²) in [6, 6.07) is 6.96. The summed E-state index contributed by atoms with van der Waals surface area (Å²) < 4.78 is 13.5. The lowest BCUT2D eigenvalue weighted by molar-refractivity contribution is 0.182. The van der Waals surface area contributed by atoms with Crippen molar-refractivity contribution in [2.75, 3.05) is 33.2 Å². The average Bonchev–Trinajstić information content (AvgIpc) is 2.98. The van der Waals surface area contributed by atoms with Gasteiger partial charge in [0.1, 0.15) is 5.82 Å². The maximum Gasteiger partial charge on any atom is 0.123 e. The molecule has 0 spiro atoms. The van der Waals surface area contributed by atoms with Gasteiger partial charge in [-0.15, -0.1) is 0 Å². The van der Waals surface area contributed by atoms with Gasteiger partial charge in [0.25, 0.3) is 0 Å². The highest BCUT2D eigenvalue weighted by Gasteiger charge is 2.24. The van der Waals surface area contributed by atoms with E-state index in [0.29, 0.717) is 0 Å². The molecule has 1 aromatic rings. The zero-order chi connectivity index (χ0) is 15.2. The Morgan fingerprint density at radius 2 is 2.05 bits per heavy atom. The zero-order valence-electron chi connectivity index (χ0n) is 13.3. The van der Waals surface area contributed by atoms with E-state index >= 15 is 0 Å². The van der Waals surface area contributed by atoms with Crippen LogP contribution in [0.15, 0.2) is 24.3 Å². The quantitative estimate of drug-likeness (QED) is 0.839. The van der Waals surface area contributed by atoms with Gasteiger partial charge >= 0.3 is 0 Å². The molecule has 3 nitrogen and oxygen atoms in total. The molecule has 0 aliphatic carbocycles.